The summed E-state index contributed by atoms with van der Waals surface area (Å²) in [7, 11) is 0. The molecule has 0 spiro atoms. The quantitative estimate of drug-likeness (QED) is 0.680. The number of carbonyl (C=O) groups is 2. The summed E-state index contributed by atoms with van der Waals surface area (Å²) in [6.07, 6.45) is 1.43. The summed E-state index contributed by atoms with van der Waals surface area (Å²) in [4.78, 5) is 28.9. The second kappa shape index (κ2) is 8.01. The van der Waals surface area contributed by atoms with Gasteiger partial charge in [-0.05, 0) is 67.4 Å². The normalized spacial score (nSPS) is 10.3. The number of amides is 2. The molecule has 6 heteroatoms. The summed E-state index contributed by atoms with van der Waals surface area (Å²) < 4.78 is 0. The first-order valence-electron chi connectivity index (χ1n) is 8.34. The second-order valence-corrected chi connectivity index (χ2v) is 6.58. The van der Waals surface area contributed by atoms with Gasteiger partial charge in [-0.15, -0.1) is 0 Å². The van der Waals surface area contributed by atoms with Crippen LogP contribution in [0.15, 0.2) is 60.8 Å². The summed E-state index contributed by atoms with van der Waals surface area (Å²) in [5.41, 5.74) is 3.98. The van der Waals surface area contributed by atoms with Crippen molar-refractivity contribution >= 4 is 34.8 Å². The van der Waals surface area contributed by atoms with E-state index in [2.05, 4.69) is 15.6 Å². The molecule has 0 saturated heterocycles. The van der Waals surface area contributed by atoms with E-state index >= 15 is 0 Å². The van der Waals surface area contributed by atoms with Crippen molar-refractivity contribution in [2.75, 3.05) is 10.6 Å². The Morgan fingerprint density at radius 3 is 2.33 bits per heavy atom. The number of nitrogens with one attached hydrogen (secondary N) is 2. The number of carbonyl (C=O) groups excluding carboxylic acids is 2. The van der Waals surface area contributed by atoms with E-state index in [9.17, 15) is 9.59 Å². The third kappa shape index (κ3) is 4.71. The topological polar surface area (TPSA) is 71.1 Å². The Morgan fingerprint density at radius 2 is 1.59 bits per heavy atom. The third-order valence-corrected chi connectivity index (χ3v) is 4.34. The van der Waals surface area contributed by atoms with Gasteiger partial charge in [-0.1, -0.05) is 23.7 Å². The van der Waals surface area contributed by atoms with Crippen LogP contribution >= 0.6 is 11.6 Å². The zero-order valence-electron chi connectivity index (χ0n) is 14.9. The summed E-state index contributed by atoms with van der Waals surface area (Å²) in [6.45, 7) is 3.99. The Morgan fingerprint density at radius 1 is 0.852 bits per heavy atom. The molecule has 2 amide bonds. The highest BCUT2D eigenvalue weighted by atomic mass is 35.5. The molecule has 5 nitrogen and oxygen atoms in total. The molecule has 0 saturated carbocycles. The van der Waals surface area contributed by atoms with E-state index in [1.165, 1.54) is 12.3 Å². The number of rotatable bonds is 4. The maximum Gasteiger partial charge on any atom is 0.274 e. The number of hydrogen-bond donors (Lipinski definition) is 2. The molecule has 0 radical (unpaired) electrons. The van der Waals surface area contributed by atoms with Gasteiger partial charge in [0.2, 0.25) is 0 Å². The first-order valence-corrected chi connectivity index (χ1v) is 8.72. The average Bonchev–Trinajstić information content (AvgIpc) is 2.65. The number of halogens is 1. The predicted molar refractivity (Wildman–Crippen MR) is 108 cm³/mol. The van der Waals surface area contributed by atoms with Crippen molar-refractivity contribution in [2.45, 2.75) is 13.8 Å². The summed E-state index contributed by atoms with van der Waals surface area (Å²) in [5.74, 6) is -0.726. The molecular formula is C21H18ClN3O2. The van der Waals surface area contributed by atoms with E-state index in [0.717, 1.165) is 11.1 Å². The fourth-order valence-corrected chi connectivity index (χ4v) is 2.67. The lowest BCUT2D eigenvalue weighted by atomic mass is 10.1. The highest BCUT2D eigenvalue weighted by Crippen LogP contribution is 2.17. The number of anilines is 2. The lowest BCUT2D eigenvalue weighted by molar-refractivity contribution is 0.102. The average molecular weight is 380 g/mol. The zero-order chi connectivity index (χ0) is 19.4. The minimum Gasteiger partial charge on any atom is -0.322 e. The summed E-state index contributed by atoms with van der Waals surface area (Å²) in [5, 5.41) is 6.06. The van der Waals surface area contributed by atoms with E-state index in [-0.39, 0.29) is 11.6 Å². The highest BCUT2D eigenvalue weighted by Gasteiger charge is 2.13. The van der Waals surface area contributed by atoms with Gasteiger partial charge >= 0.3 is 0 Å². The van der Waals surface area contributed by atoms with Crippen LogP contribution in [0.25, 0.3) is 0 Å². The number of aromatic nitrogens is 1. The maximum atomic E-state index is 12.5. The fourth-order valence-electron chi connectivity index (χ4n) is 2.48. The molecule has 3 rings (SSSR count). The summed E-state index contributed by atoms with van der Waals surface area (Å²) >= 11 is 5.92. The molecule has 2 N–H and O–H groups in total. The van der Waals surface area contributed by atoms with E-state index in [1.54, 1.807) is 30.3 Å². The second-order valence-electron chi connectivity index (χ2n) is 6.15. The SMILES string of the molecule is Cc1ccc(NC(=O)c2ccnc(C(=O)Nc3cccc(Cl)c3)c2)cc1C. The molecule has 0 bridgehead atoms. The van der Waals surface area contributed by atoms with Gasteiger partial charge in [-0.3, -0.25) is 14.6 Å². The van der Waals surface area contributed by atoms with Crippen LogP contribution in [-0.4, -0.2) is 16.8 Å². The van der Waals surface area contributed by atoms with E-state index in [1.807, 2.05) is 32.0 Å². The molecule has 2 aromatic carbocycles. The van der Waals surface area contributed by atoms with Crippen molar-refractivity contribution in [3.05, 3.63) is 88.2 Å². The number of aryl methyl sites for hydroxylation is 2. The van der Waals surface area contributed by atoms with Crippen LogP contribution in [0.3, 0.4) is 0 Å². The van der Waals surface area contributed by atoms with Gasteiger partial charge in [-0.25, -0.2) is 0 Å². The van der Waals surface area contributed by atoms with Crippen LogP contribution < -0.4 is 10.6 Å². The number of benzene rings is 2. The van der Waals surface area contributed by atoms with Gasteiger partial charge in [0.05, 0.1) is 0 Å². The number of nitrogens with zero attached hydrogens (tertiary/aromatic N) is 1. The maximum absolute atomic E-state index is 12.5. The largest absolute Gasteiger partial charge is 0.322 e. The Balaban J connectivity index is 1.75. The van der Waals surface area contributed by atoms with Crippen LogP contribution in [-0.2, 0) is 0 Å². The minimum absolute atomic E-state index is 0.141. The molecule has 136 valence electrons. The van der Waals surface area contributed by atoms with Crippen LogP contribution in [0.5, 0.6) is 0 Å². The van der Waals surface area contributed by atoms with Crippen molar-refractivity contribution in [3.8, 4) is 0 Å². The van der Waals surface area contributed by atoms with Crippen molar-refractivity contribution in [1.82, 2.24) is 4.98 Å². The molecule has 3 aromatic rings. The van der Waals surface area contributed by atoms with Crippen molar-refractivity contribution in [2.24, 2.45) is 0 Å². The smallest absolute Gasteiger partial charge is 0.274 e. The van der Waals surface area contributed by atoms with Crippen LogP contribution in [0.4, 0.5) is 11.4 Å². The standard InChI is InChI=1S/C21H18ClN3O2/c1-13-6-7-18(10-14(13)2)24-20(26)15-8-9-23-19(11-15)21(27)25-17-5-3-4-16(22)12-17/h3-12H,1-2H3,(H,24,26)(H,25,27). The lowest BCUT2D eigenvalue weighted by Gasteiger charge is -2.09. The zero-order valence-corrected chi connectivity index (χ0v) is 15.7. The molecule has 0 aliphatic carbocycles. The lowest BCUT2D eigenvalue weighted by Crippen LogP contribution is -2.17. The molecule has 27 heavy (non-hydrogen) atoms. The molecule has 1 heterocycles. The van der Waals surface area contributed by atoms with Gasteiger partial charge < -0.3 is 10.6 Å². The molecule has 0 fully saturated rings. The first kappa shape index (κ1) is 18.6. The monoisotopic (exact) mass is 379 g/mol. The molecule has 0 unspecified atom stereocenters. The first-order chi connectivity index (χ1) is 12.9. The van der Waals surface area contributed by atoms with Gasteiger partial charge in [0.25, 0.3) is 11.8 Å². The van der Waals surface area contributed by atoms with Crippen molar-refractivity contribution < 1.29 is 9.59 Å². The van der Waals surface area contributed by atoms with E-state index < -0.39 is 5.91 Å². The van der Waals surface area contributed by atoms with Crippen LogP contribution in [0.2, 0.25) is 5.02 Å². The van der Waals surface area contributed by atoms with Gasteiger partial charge in [0.15, 0.2) is 0 Å². The minimum atomic E-state index is -0.418. The number of pyridine rings is 1. The fraction of sp³-hybridized carbons (Fsp3) is 0.0952. The van der Waals surface area contributed by atoms with Crippen molar-refractivity contribution in [1.29, 1.82) is 0 Å². The van der Waals surface area contributed by atoms with E-state index in [4.69, 9.17) is 11.6 Å². The van der Waals surface area contributed by atoms with E-state index in [0.29, 0.717) is 22.0 Å². The molecule has 1 aromatic heterocycles. The van der Waals surface area contributed by atoms with Gasteiger partial charge in [0, 0.05) is 28.2 Å². The van der Waals surface area contributed by atoms with Crippen molar-refractivity contribution in [3.63, 3.8) is 0 Å². The molecular weight excluding hydrogens is 362 g/mol. The molecule has 0 aliphatic rings. The molecule has 0 atom stereocenters. The third-order valence-electron chi connectivity index (χ3n) is 4.10. The highest BCUT2D eigenvalue weighted by molar-refractivity contribution is 6.31. The van der Waals surface area contributed by atoms with Gasteiger partial charge in [-0.2, -0.15) is 0 Å². The number of hydrogen-bond acceptors (Lipinski definition) is 3. The Labute approximate surface area is 162 Å². The Hall–Kier alpha value is -3.18. The Kier molecular flexibility index (Phi) is 5.52. The summed E-state index contributed by atoms with van der Waals surface area (Å²) in [6, 6.07) is 15.5. The van der Waals surface area contributed by atoms with Crippen LogP contribution in [0.1, 0.15) is 32.0 Å². The van der Waals surface area contributed by atoms with Crippen LogP contribution in [0, 0.1) is 13.8 Å². The molecule has 0 aliphatic heterocycles. The predicted octanol–water partition coefficient (Wildman–Crippen LogP) is 4.86. The van der Waals surface area contributed by atoms with Gasteiger partial charge in [0.1, 0.15) is 5.69 Å². The Bertz CT molecular complexity index is 1020.